The maximum Gasteiger partial charge on any atom is 0.205 e. The lowest BCUT2D eigenvalue weighted by molar-refractivity contribution is -0.106. The van der Waals surface area contributed by atoms with Crippen molar-refractivity contribution in [2.45, 2.75) is 5.03 Å². The van der Waals surface area contributed by atoms with E-state index in [4.69, 9.17) is 11.6 Å². The predicted octanol–water partition coefficient (Wildman–Crippen LogP) is 2.23. The molecule has 0 radical (unpaired) electrons. The molecule has 0 N–H and O–H groups in total. The predicted molar refractivity (Wildman–Crippen MR) is 89.8 cm³/mol. The number of hydrogen-bond acceptors (Lipinski definition) is 5. The molecule has 0 aliphatic carbocycles. The van der Waals surface area contributed by atoms with Gasteiger partial charge in [-0.2, -0.15) is 4.79 Å². The van der Waals surface area contributed by atoms with Crippen molar-refractivity contribution in [3.05, 3.63) is 52.7 Å². The molecule has 10 heteroatoms. The Bertz CT molecular complexity index is 912. The van der Waals surface area contributed by atoms with Gasteiger partial charge in [-0.25, -0.2) is 17.2 Å². The van der Waals surface area contributed by atoms with E-state index in [-0.39, 0.29) is 17.1 Å². The molecule has 2 aromatic rings. The minimum Gasteiger partial charge on any atom is -0.301 e. The number of nitrogens with zero attached hydrogens (tertiary/aromatic N) is 3. The minimum absolute atomic E-state index is 0.0426. The van der Waals surface area contributed by atoms with E-state index >= 15 is 0 Å². The van der Waals surface area contributed by atoms with Crippen molar-refractivity contribution < 1.29 is 22.0 Å². The molecule has 134 valence electrons. The third kappa shape index (κ3) is 4.64. The SMILES string of the molecule is CN(CC=O)n1cc(Cl)c(S(=O)(=O)CC(F)=Cc2ccccc2F)n1. The molecule has 0 spiro atoms. The van der Waals surface area contributed by atoms with E-state index in [1.807, 2.05) is 0 Å². The number of rotatable bonds is 7. The Hall–Kier alpha value is -2.26. The van der Waals surface area contributed by atoms with Crippen LogP contribution in [0.2, 0.25) is 5.02 Å². The molecule has 1 heterocycles. The minimum atomic E-state index is -4.20. The molecule has 0 unspecified atom stereocenters. The summed E-state index contributed by atoms with van der Waals surface area (Å²) in [5.41, 5.74) is -0.0717. The maximum atomic E-state index is 14.0. The standard InChI is InChI=1S/C15H14ClF2N3O3S/c1-20(6-7-22)21-9-13(16)15(19-21)25(23,24)10-12(17)8-11-4-2-3-5-14(11)18/h2-5,7-9H,6,10H2,1H3. The molecular formula is C15H14ClF2N3O3S. The molecule has 25 heavy (non-hydrogen) atoms. The maximum absolute atomic E-state index is 14.0. The number of likely N-dealkylation sites (N-methyl/N-ethyl adjacent to an activating group) is 1. The fourth-order valence-corrected chi connectivity index (χ4v) is 3.57. The highest BCUT2D eigenvalue weighted by Crippen LogP contribution is 2.23. The summed E-state index contributed by atoms with van der Waals surface area (Å²) >= 11 is 5.86. The van der Waals surface area contributed by atoms with E-state index in [1.54, 1.807) is 0 Å². The van der Waals surface area contributed by atoms with Gasteiger partial charge in [0.2, 0.25) is 9.84 Å². The molecule has 0 bridgehead atoms. The first-order valence-electron chi connectivity index (χ1n) is 6.98. The third-order valence-corrected chi connectivity index (χ3v) is 5.09. The lowest BCUT2D eigenvalue weighted by Gasteiger charge is -2.14. The number of sulfone groups is 1. The van der Waals surface area contributed by atoms with Crippen LogP contribution in [0.25, 0.3) is 6.08 Å². The lowest BCUT2D eigenvalue weighted by Crippen LogP contribution is -2.32. The summed E-state index contributed by atoms with van der Waals surface area (Å²) in [6.07, 6.45) is 2.59. The Morgan fingerprint density at radius 1 is 1.40 bits per heavy atom. The molecule has 0 amide bonds. The molecule has 0 atom stereocenters. The summed E-state index contributed by atoms with van der Waals surface area (Å²) in [7, 11) is -2.70. The topological polar surface area (TPSA) is 72.3 Å². The van der Waals surface area contributed by atoms with E-state index in [0.717, 1.165) is 16.9 Å². The van der Waals surface area contributed by atoms with Crippen molar-refractivity contribution in [1.82, 2.24) is 9.89 Å². The van der Waals surface area contributed by atoms with E-state index in [0.29, 0.717) is 6.29 Å². The fraction of sp³-hybridized carbons (Fsp3) is 0.200. The van der Waals surface area contributed by atoms with Crippen LogP contribution in [0.3, 0.4) is 0 Å². The second-order valence-electron chi connectivity index (χ2n) is 5.08. The summed E-state index contributed by atoms with van der Waals surface area (Å²) in [5, 5.41) is 4.35. The number of aldehydes is 1. The van der Waals surface area contributed by atoms with Gasteiger partial charge in [0.15, 0.2) is 5.03 Å². The van der Waals surface area contributed by atoms with Gasteiger partial charge in [-0.15, -0.1) is 5.10 Å². The van der Waals surface area contributed by atoms with Gasteiger partial charge in [0.05, 0.1) is 17.8 Å². The van der Waals surface area contributed by atoms with Gasteiger partial charge in [0, 0.05) is 12.6 Å². The van der Waals surface area contributed by atoms with Crippen LogP contribution < -0.4 is 5.01 Å². The van der Waals surface area contributed by atoms with Crippen LogP contribution in [-0.2, 0) is 14.6 Å². The Morgan fingerprint density at radius 2 is 2.08 bits per heavy atom. The van der Waals surface area contributed by atoms with Gasteiger partial charge < -0.3 is 4.79 Å². The van der Waals surface area contributed by atoms with Crippen molar-refractivity contribution in [3.63, 3.8) is 0 Å². The van der Waals surface area contributed by atoms with Gasteiger partial charge in [0.25, 0.3) is 0 Å². The second kappa shape index (κ2) is 7.75. The van der Waals surface area contributed by atoms with Crippen molar-refractivity contribution in [2.24, 2.45) is 0 Å². The van der Waals surface area contributed by atoms with Crippen LogP contribution in [0.5, 0.6) is 0 Å². The highest BCUT2D eigenvalue weighted by molar-refractivity contribution is 7.91. The Morgan fingerprint density at radius 3 is 2.72 bits per heavy atom. The average Bonchev–Trinajstić information content (AvgIpc) is 2.92. The van der Waals surface area contributed by atoms with Crippen LogP contribution >= 0.6 is 11.6 Å². The summed E-state index contributed by atoms with van der Waals surface area (Å²) in [5.74, 6) is -2.75. The third-order valence-electron chi connectivity index (χ3n) is 3.15. The van der Waals surface area contributed by atoms with Gasteiger partial charge >= 0.3 is 0 Å². The molecule has 6 nitrogen and oxygen atoms in total. The van der Waals surface area contributed by atoms with Gasteiger partial charge in [0.1, 0.15) is 23.7 Å². The molecule has 0 fully saturated rings. The molecule has 2 rings (SSSR count). The van der Waals surface area contributed by atoms with Crippen LogP contribution in [0.15, 0.2) is 41.3 Å². The van der Waals surface area contributed by atoms with Crippen molar-refractivity contribution in [2.75, 3.05) is 24.4 Å². The first-order valence-corrected chi connectivity index (χ1v) is 9.01. The second-order valence-corrected chi connectivity index (χ2v) is 7.39. The smallest absolute Gasteiger partial charge is 0.205 e. The Kier molecular flexibility index (Phi) is 5.91. The van der Waals surface area contributed by atoms with Crippen LogP contribution in [-0.4, -0.2) is 43.9 Å². The van der Waals surface area contributed by atoms with Gasteiger partial charge in [-0.05, 0) is 12.1 Å². The van der Waals surface area contributed by atoms with Crippen molar-refractivity contribution >= 4 is 33.8 Å². The highest BCUT2D eigenvalue weighted by Gasteiger charge is 2.25. The molecule has 0 saturated heterocycles. The number of hydrogen-bond donors (Lipinski definition) is 0. The summed E-state index contributed by atoms with van der Waals surface area (Å²) in [4.78, 5) is 11.6. The van der Waals surface area contributed by atoms with Gasteiger partial charge in [-0.1, -0.05) is 29.8 Å². The van der Waals surface area contributed by atoms with Gasteiger partial charge in [-0.3, -0.25) is 5.01 Å². The zero-order valence-corrected chi connectivity index (χ0v) is 14.6. The normalized spacial score (nSPS) is 12.2. The van der Waals surface area contributed by atoms with Crippen molar-refractivity contribution in [1.29, 1.82) is 0 Å². The molecule has 1 aromatic carbocycles. The van der Waals surface area contributed by atoms with E-state index in [9.17, 15) is 22.0 Å². The summed E-state index contributed by atoms with van der Waals surface area (Å²) in [6.45, 7) is -0.0426. The molecule has 1 aromatic heterocycles. The Balaban J connectivity index is 2.27. The number of halogens is 3. The molecule has 0 saturated carbocycles. The summed E-state index contributed by atoms with van der Waals surface area (Å²) < 4.78 is 52.2. The van der Waals surface area contributed by atoms with Crippen LogP contribution in [0, 0.1) is 5.82 Å². The number of carbonyl (C=O) groups excluding carboxylic acids is 1. The molecular weight excluding hydrogens is 376 g/mol. The number of aromatic nitrogens is 2. The first-order chi connectivity index (χ1) is 11.7. The molecule has 0 aliphatic heterocycles. The zero-order chi connectivity index (χ0) is 18.6. The lowest BCUT2D eigenvalue weighted by atomic mass is 10.2. The largest absolute Gasteiger partial charge is 0.301 e. The average molecular weight is 390 g/mol. The molecule has 0 aliphatic rings. The zero-order valence-electron chi connectivity index (χ0n) is 13.1. The van der Waals surface area contributed by atoms with E-state index in [1.165, 1.54) is 36.5 Å². The Labute approximate surface area is 148 Å². The monoisotopic (exact) mass is 389 g/mol. The van der Waals surface area contributed by atoms with Crippen LogP contribution in [0.1, 0.15) is 5.56 Å². The fourth-order valence-electron chi connectivity index (χ4n) is 1.96. The van der Waals surface area contributed by atoms with Crippen LogP contribution in [0.4, 0.5) is 8.78 Å². The van der Waals surface area contributed by atoms with E-state index < -0.39 is 32.3 Å². The van der Waals surface area contributed by atoms with Crippen molar-refractivity contribution in [3.8, 4) is 0 Å². The summed E-state index contributed by atoms with van der Waals surface area (Å²) in [6, 6.07) is 5.38. The highest BCUT2D eigenvalue weighted by atomic mass is 35.5. The van der Waals surface area contributed by atoms with E-state index in [2.05, 4.69) is 5.10 Å². The number of benzene rings is 1. The quantitative estimate of drug-likeness (QED) is 0.679. The number of carbonyl (C=O) groups is 1. The first kappa shape index (κ1) is 19.1.